The highest BCUT2D eigenvalue weighted by Crippen LogP contribution is 2.31. The predicted molar refractivity (Wildman–Crippen MR) is 65.0 cm³/mol. The van der Waals surface area contributed by atoms with E-state index in [4.69, 9.17) is 10.5 Å². The van der Waals surface area contributed by atoms with Crippen LogP contribution in [0.4, 0.5) is 14.5 Å². The molecule has 2 aromatic carbocycles. The third kappa shape index (κ3) is 2.55. The highest BCUT2D eigenvalue weighted by molar-refractivity contribution is 9.10. The maximum Gasteiger partial charge on any atom is 0.201 e. The van der Waals surface area contributed by atoms with E-state index >= 15 is 0 Å². The molecule has 0 atom stereocenters. The zero-order valence-electron chi connectivity index (χ0n) is 8.58. The van der Waals surface area contributed by atoms with Gasteiger partial charge in [-0.15, -0.1) is 0 Å². The third-order valence-corrected chi connectivity index (χ3v) is 2.60. The number of rotatable bonds is 2. The van der Waals surface area contributed by atoms with Crippen LogP contribution in [-0.2, 0) is 0 Å². The largest absolute Gasteiger partial charge is 0.452 e. The molecule has 0 aliphatic heterocycles. The van der Waals surface area contributed by atoms with Gasteiger partial charge < -0.3 is 10.5 Å². The Morgan fingerprint density at radius 2 is 1.82 bits per heavy atom. The lowest BCUT2D eigenvalue weighted by molar-refractivity contribution is 0.417. The molecule has 0 aliphatic carbocycles. The van der Waals surface area contributed by atoms with Crippen molar-refractivity contribution >= 4 is 21.6 Å². The van der Waals surface area contributed by atoms with Crippen LogP contribution < -0.4 is 10.5 Å². The summed E-state index contributed by atoms with van der Waals surface area (Å²) in [5.41, 5.74) is 6.02. The van der Waals surface area contributed by atoms with E-state index in [-0.39, 0.29) is 11.5 Å². The van der Waals surface area contributed by atoms with Crippen molar-refractivity contribution in [1.82, 2.24) is 0 Å². The van der Waals surface area contributed by atoms with Gasteiger partial charge in [0.15, 0.2) is 17.3 Å². The lowest BCUT2D eigenvalue weighted by atomic mass is 10.3. The molecule has 0 heterocycles. The van der Waals surface area contributed by atoms with Gasteiger partial charge in [0, 0.05) is 4.47 Å². The number of benzene rings is 2. The van der Waals surface area contributed by atoms with Crippen molar-refractivity contribution in [3.05, 3.63) is 52.5 Å². The first-order chi connectivity index (χ1) is 8.08. The zero-order valence-corrected chi connectivity index (χ0v) is 10.2. The SMILES string of the molecule is Nc1cc(Br)ccc1Oc1cccc(F)c1F. The second-order valence-electron chi connectivity index (χ2n) is 3.34. The third-order valence-electron chi connectivity index (χ3n) is 2.11. The van der Waals surface area contributed by atoms with Gasteiger partial charge in [0.25, 0.3) is 0 Å². The van der Waals surface area contributed by atoms with E-state index in [1.165, 1.54) is 12.1 Å². The molecule has 0 amide bonds. The monoisotopic (exact) mass is 299 g/mol. The number of nitrogen functional groups attached to an aromatic ring is 1. The molecular weight excluding hydrogens is 292 g/mol. The summed E-state index contributed by atoms with van der Waals surface area (Å²) < 4.78 is 32.3. The van der Waals surface area contributed by atoms with Crippen LogP contribution in [-0.4, -0.2) is 0 Å². The van der Waals surface area contributed by atoms with E-state index in [2.05, 4.69) is 15.9 Å². The Morgan fingerprint density at radius 1 is 1.06 bits per heavy atom. The van der Waals surface area contributed by atoms with Gasteiger partial charge in [-0.1, -0.05) is 22.0 Å². The fraction of sp³-hybridized carbons (Fsp3) is 0. The van der Waals surface area contributed by atoms with Crippen molar-refractivity contribution < 1.29 is 13.5 Å². The molecule has 0 radical (unpaired) electrons. The van der Waals surface area contributed by atoms with E-state index in [0.717, 1.165) is 10.5 Å². The second-order valence-corrected chi connectivity index (χ2v) is 4.25. The number of nitrogens with two attached hydrogens (primary N) is 1. The topological polar surface area (TPSA) is 35.2 Å². The second kappa shape index (κ2) is 4.71. The smallest absolute Gasteiger partial charge is 0.201 e. The Labute approximate surface area is 105 Å². The number of anilines is 1. The molecule has 88 valence electrons. The lowest BCUT2D eigenvalue weighted by Crippen LogP contribution is -1.95. The van der Waals surface area contributed by atoms with Crippen LogP contribution in [0.2, 0.25) is 0 Å². The van der Waals surface area contributed by atoms with Gasteiger partial charge in [-0.25, -0.2) is 4.39 Å². The maximum absolute atomic E-state index is 13.3. The van der Waals surface area contributed by atoms with Gasteiger partial charge >= 0.3 is 0 Å². The quantitative estimate of drug-likeness (QED) is 0.847. The Balaban J connectivity index is 2.35. The molecule has 0 fully saturated rings. The minimum atomic E-state index is -1.03. The average molecular weight is 300 g/mol. The van der Waals surface area contributed by atoms with Crippen molar-refractivity contribution in [2.24, 2.45) is 0 Å². The van der Waals surface area contributed by atoms with Crippen molar-refractivity contribution in [1.29, 1.82) is 0 Å². The van der Waals surface area contributed by atoms with Gasteiger partial charge in [-0.3, -0.25) is 0 Å². The van der Waals surface area contributed by atoms with Crippen LogP contribution in [0.3, 0.4) is 0 Å². The van der Waals surface area contributed by atoms with Crippen LogP contribution in [0, 0.1) is 11.6 Å². The van der Waals surface area contributed by atoms with E-state index in [1.807, 2.05) is 0 Å². The molecule has 0 aliphatic rings. The first-order valence-corrected chi connectivity index (χ1v) is 5.54. The Morgan fingerprint density at radius 3 is 2.53 bits per heavy atom. The molecule has 0 bridgehead atoms. The van der Waals surface area contributed by atoms with Gasteiger partial charge in [0.05, 0.1) is 5.69 Å². The van der Waals surface area contributed by atoms with Crippen molar-refractivity contribution in [2.45, 2.75) is 0 Å². The summed E-state index contributed by atoms with van der Waals surface area (Å²) in [4.78, 5) is 0. The minimum Gasteiger partial charge on any atom is -0.452 e. The molecule has 0 spiro atoms. The van der Waals surface area contributed by atoms with Crippen LogP contribution in [0.5, 0.6) is 11.5 Å². The summed E-state index contributed by atoms with van der Waals surface area (Å²) in [7, 11) is 0. The predicted octanol–water partition coefficient (Wildman–Crippen LogP) is 4.10. The molecule has 0 saturated heterocycles. The number of hydrogen-bond acceptors (Lipinski definition) is 2. The molecule has 2 rings (SSSR count). The van der Waals surface area contributed by atoms with E-state index in [0.29, 0.717) is 5.69 Å². The molecular formula is C12H8BrF2NO. The number of hydrogen-bond donors (Lipinski definition) is 1. The average Bonchev–Trinajstić information content (AvgIpc) is 2.28. The van der Waals surface area contributed by atoms with E-state index in [1.54, 1.807) is 18.2 Å². The maximum atomic E-state index is 13.3. The molecule has 2 nitrogen and oxygen atoms in total. The fourth-order valence-corrected chi connectivity index (χ4v) is 1.67. The summed E-state index contributed by atoms with van der Waals surface area (Å²) in [5, 5.41) is 0. The van der Waals surface area contributed by atoms with Crippen LogP contribution in [0.1, 0.15) is 0 Å². The van der Waals surface area contributed by atoms with Gasteiger partial charge in [0.2, 0.25) is 5.82 Å². The number of ether oxygens (including phenoxy) is 1. The lowest BCUT2D eigenvalue weighted by Gasteiger charge is -2.09. The Kier molecular flexibility index (Phi) is 3.28. The Hall–Kier alpha value is -1.62. The molecule has 17 heavy (non-hydrogen) atoms. The summed E-state index contributed by atoms with van der Waals surface area (Å²) in [6, 6.07) is 8.61. The fourth-order valence-electron chi connectivity index (χ4n) is 1.29. The van der Waals surface area contributed by atoms with Crippen molar-refractivity contribution in [2.75, 3.05) is 5.73 Å². The number of halogens is 3. The van der Waals surface area contributed by atoms with Crippen molar-refractivity contribution in [3.63, 3.8) is 0 Å². The Bertz CT molecular complexity index is 560. The summed E-state index contributed by atoms with van der Waals surface area (Å²) in [5.74, 6) is -1.91. The van der Waals surface area contributed by atoms with Gasteiger partial charge in [-0.2, -0.15) is 4.39 Å². The van der Waals surface area contributed by atoms with E-state index in [9.17, 15) is 8.78 Å². The van der Waals surface area contributed by atoms with Crippen LogP contribution >= 0.6 is 15.9 Å². The van der Waals surface area contributed by atoms with Crippen LogP contribution in [0.15, 0.2) is 40.9 Å². The molecule has 0 unspecified atom stereocenters. The van der Waals surface area contributed by atoms with Crippen LogP contribution in [0.25, 0.3) is 0 Å². The summed E-state index contributed by atoms with van der Waals surface area (Å²) in [6.45, 7) is 0. The first kappa shape index (κ1) is 11.9. The zero-order chi connectivity index (χ0) is 12.4. The normalized spacial score (nSPS) is 10.3. The minimum absolute atomic E-state index is 0.195. The highest BCUT2D eigenvalue weighted by atomic mass is 79.9. The molecule has 0 aromatic heterocycles. The standard InChI is InChI=1S/C12H8BrF2NO/c13-7-4-5-10(9(16)6-7)17-11-3-1-2-8(14)12(11)15/h1-6H,16H2. The van der Waals surface area contributed by atoms with Gasteiger partial charge in [0.1, 0.15) is 0 Å². The first-order valence-electron chi connectivity index (χ1n) is 4.75. The van der Waals surface area contributed by atoms with Gasteiger partial charge in [-0.05, 0) is 30.3 Å². The van der Waals surface area contributed by atoms with Crippen molar-refractivity contribution in [3.8, 4) is 11.5 Å². The molecule has 2 aromatic rings. The van der Waals surface area contributed by atoms with E-state index < -0.39 is 11.6 Å². The molecule has 2 N–H and O–H groups in total. The highest BCUT2D eigenvalue weighted by Gasteiger charge is 2.11. The summed E-state index contributed by atoms with van der Waals surface area (Å²) in [6.07, 6.45) is 0. The molecule has 5 heteroatoms. The molecule has 0 saturated carbocycles. The summed E-state index contributed by atoms with van der Waals surface area (Å²) >= 11 is 3.24.